The molecule has 1 aliphatic rings. The number of nitrogens with one attached hydrogen (secondary N) is 1. The van der Waals surface area contributed by atoms with Crippen molar-refractivity contribution >= 4 is 39.0 Å². The van der Waals surface area contributed by atoms with Gasteiger partial charge < -0.3 is 10.1 Å². The topological polar surface area (TPSA) is 64.1 Å². The van der Waals surface area contributed by atoms with E-state index in [1.165, 1.54) is 16.9 Å². The number of ether oxygens (including phenoxy) is 1. The van der Waals surface area contributed by atoms with Gasteiger partial charge in [-0.15, -0.1) is 11.3 Å². The van der Waals surface area contributed by atoms with Crippen LogP contribution in [0.4, 0.5) is 11.5 Å². The molecule has 1 N–H and O–H groups in total. The number of fused-ring (bicyclic) bond motifs is 3. The highest BCUT2D eigenvalue weighted by Gasteiger charge is 2.31. The first-order valence-corrected chi connectivity index (χ1v) is 11.5. The van der Waals surface area contributed by atoms with E-state index in [0.29, 0.717) is 23.5 Å². The van der Waals surface area contributed by atoms with Crippen molar-refractivity contribution in [3.05, 3.63) is 46.6 Å². The van der Waals surface area contributed by atoms with E-state index in [1.807, 2.05) is 19.1 Å². The molecule has 2 aromatic heterocycles. The Morgan fingerprint density at radius 1 is 1.23 bits per heavy atom. The minimum atomic E-state index is -0.284. The number of esters is 1. The molecule has 0 amide bonds. The summed E-state index contributed by atoms with van der Waals surface area (Å²) in [4.78, 5) is 23.6. The molecule has 1 unspecified atom stereocenters. The van der Waals surface area contributed by atoms with Gasteiger partial charge in [-0.3, -0.25) is 0 Å². The van der Waals surface area contributed by atoms with Crippen LogP contribution in [0.1, 0.15) is 61.3 Å². The Bertz CT molecular complexity index is 1050. The summed E-state index contributed by atoms with van der Waals surface area (Å²) in [5.74, 6) is 1.25. The first kappa shape index (κ1) is 20.8. The van der Waals surface area contributed by atoms with Crippen LogP contribution in [0.3, 0.4) is 0 Å². The summed E-state index contributed by atoms with van der Waals surface area (Å²) in [5, 5.41) is 4.59. The summed E-state index contributed by atoms with van der Waals surface area (Å²) < 4.78 is 5.20. The molecule has 5 nitrogen and oxygen atoms in total. The van der Waals surface area contributed by atoms with E-state index in [4.69, 9.17) is 4.74 Å². The molecule has 158 valence electrons. The normalized spacial score (nSPS) is 16.3. The summed E-state index contributed by atoms with van der Waals surface area (Å²) in [6.45, 7) is 9.44. The van der Waals surface area contributed by atoms with Crippen molar-refractivity contribution in [3.8, 4) is 0 Å². The number of aryl methyl sites for hydroxylation is 1. The average Bonchev–Trinajstić information content (AvgIpc) is 3.10. The van der Waals surface area contributed by atoms with Gasteiger partial charge in [0.15, 0.2) is 0 Å². The lowest BCUT2D eigenvalue weighted by atomic mass is 9.72. The predicted molar refractivity (Wildman–Crippen MR) is 123 cm³/mol. The largest absolute Gasteiger partial charge is 0.462 e. The highest BCUT2D eigenvalue weighted by atomic mass is 32.1. The summed E-state index contributed by atoms with van der Waals surface area (Å²) in [6.07, 6.45) is 5.83. The fourth-order valence-corrected chi connectivity index (χ4v) is 5.32. The second-order valence-corrected chi connectivity index (χ2v) is 10.1. The van der Waals surface area contributed by atoms with Gasteiger partial charge in [-0.2, -0.15) is 0 Å². The van der Waals surface area contributed by atoms with E-state index in [2.05, 4.69) is 36.1 Å². The Morgan fingerprint density at radius 3 is 2.70 bits per heavy atom. The number of benzene rings is 1. The highest BCUT2D eigenvalue weighted by molar-refractivity contribution is 7.19. The lowest BCUT2D eigenvalue weighted by molar-refractivity contribution is 0.0505. The molecule has 0 bridgehead atoms. The SMILES string of the molecule is CCCOC(=O)c1ccc(Nc2ncnc3sc4c(c23)CCC(C(C)(C)C)C4)cc1. The van der Waals surface area contributed by atoms with E-state index < -0.39 is 0 Å². The van der Waals surface area contributed by atoms with Crippen LogP contribution in [0.5, 0.6) is 0 Å². The van der Waals surface area contributed by atoms with Crippen molar-refractivity contribution < 1.29 is 9.53 Å². The van der Waals surface area contributed by atoms with E-state index in [1.54, 1.807) is 29.8 Å². The number of hydrogen-bond donors (Lipinski definition) is 1. The summed E-state index contributed by atoms with van der Waals surface area (Å²) in [7, 11) is 0. The van der Waals surface area contributed by atoms with Crippen LogP contribution in [-0.2, 0) is 17.6 Å². The zero-order valence-electron chi connectivity index (χ0n) is 18.1. The van der Waals surface area contributed by atoms with Crippen LogP contribution >= 0.6 is 11.3 Å². The van der Waals surface area contributed by atoms with Gasteiger partial charge in [0.05, 0.1) is 17.6 Å². The van der Waals surface area contributed by atoms with Crippen molar-refractivity contribution in [3.63, 3.8) is 0 Å². The van der Waals surface area contributed by atoms with Crippen LogP contribution in [0, 0.1) is 11.3 Å². The van der Waals surface area contributed by atoms with Crippen molar-refractivity contribution in [2.45, 2.75) is 53.4 Å². The van der Waals surface area contributed by atoms with Crippen molar-refractivity contribution in [1.82, 2.24) is 9.97 Å². The third-order valence-electron chi connectivity index (χ3n) is 5.89. The van der Waals surface area contributed by atoms with Gasteiger partial charge in [0.25, 0.3) is 0 Å². The van der Waals surface area contributed by atoms with Gasteiger partial charge in [0.2, 0.25) is 0 Å². The molecule has 1 aliphatic carbocycles. The Labute approximate surface area is 181 Å². The highest BCUT2D eigenvalue weighted by Crippen LogP contribution is 2.44. The number of aromatic nitrogens is 2. The van der Waals surface area contributed by atoms with Crippen molar-refractivity contribution in [1.29, 1.82) is 0 Å². The standard InChI is InChI=1S/C24H29N3O2S/c1-5-12-29-23(28)15-6-9-17(10-7-15)27-21-20-18-11-8-16(24(2,3)4)13-19(18)30-22(20)26-14-25-21/h6-7,9-10,14,16H,5,8,11-13H2,1-4H3,(H,25,26,27). The number of rotatable bonds is 5. The van der Waals surface area contributed by atoms with Gasteiger partial charge in [-0.1, -0.05) is 27.7 Å². The van der Waals surface area contributed by atoms with Crippen molar-refractivity contribution in [2.24, 2.45) is 11.3 Å². The Kier molecular flexibility index (Phi) is 5.78. The number of carbonyl (C=O) groups excluding carboxylic acids is 1. The van der Waals surface area contributed by atoms with Crippen LogP contribution in [0.2, 0.25) is 0 Å². The molecular weight excluding hydrogens is 394 g/mol. The first-order chi connectivity index (χ1) is 14.4. The van der Waals surface area contributed by atoms with Crippen molar-refractivity contribution in [2.75, 3.05) is 11.9 Å². The zero-order valence-corrected chi connectivity index (χ0v) is 18.9. The molecular formula is C24H29N3O2S. The number of thiophene rings is 1. The molecule has 4 rings (SSSR count). The second-order valence-electron chi connectivity index (χ2n) is 9.05. The fourth-order valence-electron chi connectivity index (χ4n) is 4.05. The Hall–Kier alpha value is -2.47. The van der Waals surface area contributed by atoms with Gasteiger partial charge >= 0.3 is 5.97 Å². The molecule has 2 heterocycles. The average molecular weight is 424 g/mol. The van der Waals surface area contributed by atoms with Crippen LogP contribution in [-0.4, -0.2) is 22.5 Å². The lowest BCUT2D eigenvalue weighted by Crippen LogP contribution is -2.26. The van der Waals surface area contributed by atoms with Gasteiger partial charge in [-0.05, 0) is 66.8 Å². The maximum atomic E-state index is 12.0. The maximum absolute atomic E-state index is 12.0. The van der Waals surface area contributed by atoms with Crippen LogP contribution < -0.4 is 5.32 Å². The molecule has 0 saturated carbocycles. The van der Waals surface area contributed by atoms with E-state index in [-0.39, 0.29) is 5.97 Å². The minimum absolute atomic E-state index is 0.284. The van der Waals surface area contributed by atoms with E-state index in [0.717, 1.165) is 41.0 Å². The quantitative estimate of drug-likeness (QED) is 0.498. The number of carbonyl (C=O) groups is 1. The Balaban J connectivity index is 1.58. The molecule has 0 radical (unpaired) electrons. The van der Waals surface area contributed by atoms with E-state index in [9.17, 15) is 4.79 Å². The number of hydrogen-bond acceptors (Lipinski definition) is 6. The predicted octanol–water partition coefficient (Wildman–Crippen LogP) is 6.15. The molecule has 1 aromatic carbocycles. The summed E-state index contributed by atoms with van der Waals surface area (Å²) in [5.41, 5.74) is 3.17. The first-order valence-electron chi connectivity index (χ1n) is 10.7. The number of nitrogens with zero attached hydrogens (tertiary/aromatic N) is 2. The Morgan fingerprint density at radius 2 is 2.00 bits per heavy atom. The van der Waals surface area contributed by atoms with Crippen LogP contribution in [0.25, 0.3) is 10.2 Å². The molecule has 30 heavy (non-hydrogen) atoms. The third kappa shape index (κ3) is 4.19. The van der Waals surface area contributed by atoms with E-state index >= 15 is 0 Å². The molecule has 3 aromatic rings. The van der Waals surface area contributed by atoms with Gasteiger partial charge in [0.1, 0.15) is 17.0 Å². The third-order valence-corrected chi connectivity index (χ3v) is 7.05. The van der Waals surface area contributed by atoms with Gasteiger partial charge in [0, 0.05) is 10.6 Å². The summed E-state index contributed by atoms with van der Waals surface area (Å²) in [6, 6.07) is 7.36. The molecule has 0 fully saturated rings. The minimum Gasteiger partial charge on any atom is -0.462 e. The van der Waals surface area contributed by atoms with Crippen LogP contribution in [0.15, 0.2) is 30.6 Å². The zero-order chi connectivity index (χ0) is 21.3. The lowest BCUT2D eigenvalue weighted by Gasteiger charge is -2.33. The molecule has 0 aliphatic heterocycles. The molecule has 1 atom stereocenters. The monoisotopic (exact) mass is 423 g/mol. The molecule has 0 saturated heterocycles. The smallest absolute Gasteiger partial charge is 0.338 e. The molecule has 0 spiro atoms. The molecule has 6 heteroatoms. The fraction of sp³-hybridized carbons (Fsp3) is 0.458. The maximum Gasteiger partial charge on any atom is 0.338 e. The second kappa shape index (κ2) is 8.34. The van der Waals surface area contributed by atoms with Gasteiger partial charge in [-0.25, -0.2) is 14.8 Å². The number of anilines is 2. The summed E-state index contributed by atoms with van der Waals surface area (Å²) >= 11 is 1.81.